The van der Waals surface area contributed by atoms with Crippen LogP contribution in [0, 0.1) is 11.8 Å². The third-order valence-corrected chi connectivity index (χ3v) is 2.28. The topological polar surface area (TPSA) is 85.9 Å². The fourth-order valence-corrected chi connectivity index (χ4v) is 1.37. The van der Waals surface area contributed by atoms with Gasteiger partial charge in [-0.3, -0.25) is 9.78 Å². The molecule has 0 saturated carbocycles. The highest BCUT2D eigenvalue weighted by atomic mass is 16.3. The average Bonchev–Trinajstić information content (AvgIpc) is 2.38. The Morgan fingerprint density at radius 1 is 1.17 bits per heavy atom. The zero-order valence-corrected chi connectivity index (χ0v) is 9.31. The molecule has 0 aliphatic heterocycles. The summed E-state index contributed by atoms with van der Waals surface area (Å²) < 4.78 is 0. The number of aromatic nitrogens is 2. The number of benzene rings is 1. The fraction of sp³-hybridized carbons (Fsp3) is 0.0769. The summed E-state index contributed by atoms with van der Waals surface area (Å²) in [5.74, 6) is 5.06. The van der Waals surface area contributed by atoms with Crippen molar-refractivity contribution in [3.63, 3.8) is 0 Å². The van der Waals surface area contributed by atoms with Crippen molar-refractivity contribution in [1.82, 2.24) is 9.97 Å². The predicted octanol–water partition coefficient (Wildman–Crippen LogP) is 0.148. The minimum Gasteiger partial charge on any atom is -0.376 e. The van der Waals surface area contributed by atoms with E-state index >= 15 is 0 Å². The second-order valence-corrected chi connectivity index (χ2v) is 3.57. The summed E-state index contributed by atoms with van der Waals surface area (Å²) in [7, 11) is 0. The first kappa shape index (κ1) is 11.9. The summed E-state index contributed by atoms with van der Waals surface area (Å²) in [6, 6.07) is 8.86. The van der Waals surface area contributed by atoms with E-state index in [0.717, 1.165) is 0 Å². The molecule has 0 bridgehead atoms. The van der Waals surface area contributed by atoms with E-state index in [4.69, 9.17) is 0 Å². The molecule has 1 aromatic carbocycles. The Kier molecular flexibility index (Phi) is 3.41. The molecule has 18 heavy (non-hydrogen) atoms. The molecule has 5 nitrogen and oxygen atoms in total. The molecule has 0 spiro atoms. The Labute approximate surface area is 102 Å². The van der Waals surface area contributed by atoms with Gasteiger partial charge in [0.05, 0.1) is 0 Å². The Hall–Kier alpha value is -2.58. The van der Waals surface area contributed by atoms with Crippen LogP contribution in [-0.4, -0.2) is 15.1 Å². The van der Waals surface area contributed by atoms with E-state index in [-0.39, 0.29) is 5.56 Å². The molecule has 0 amide bonds. The molecule has 0 saturated heterocycles. The molecule has 5 heteroatoms. The first-order valence-electron chi connectivity index (χ1n) is 5.23. The maximum Gasteiger partial charge on any atom is 0.325 e. The Morgan fingerprint density at radius 2 is 1.89 bits per heavy atom. The standard InChI is InChI=1S/C13H10N2O3/c16-11(9-4-2-1-3-5-9)7-6-10-8-14-13(18)15-12(10)17/h1-5,8,11,16H,(H2,14,15,17,18). The van der Waals surface area contributed by atoms with Crippen LogP contribution in [0.1, 0.15) is 17.2 Å². The van der Waals surface area contributed by atoms with Gasteiger partial charge in [-0.25, -0.2) is 4.79 Å². The lowest BCUT2D eigenvalue weighted by Crippen LogP contribution is -2.23. The van der Waals surface area contributed by atoms with Gasteiger partial charge in [-0.15, -0.1) is 0 Å². The number of hydrogen-bond donors (Lipinski definition) is 3. The lowest BCUT2D eigenvalue weighted by molar-refractivity contribution is 0.238. The first-order valence-corrected chi connectivity index (χ1v) is 5.23. The van der Waals surface area contributed by atoms with Crippen LogP contribution in [0.25, 0.3) is 0 Å². The summed E-state index contributed by atoms with van der Waals surface area (Å²) in [5, 5.41) is 9.77. The second kappa shape index (κ2) is 5.17. The van der Waals surface area contributed by atoms with Gasteiger partial charge in [0, 0.05) is 6.20 Å². The summed E-state index contributed by atoms with van der Waals surface area (Å²) in [6.07, 6.45) is 0.240. The van der Waals surface area contributed by atoms with Crippen LogP contribution in [0.2, 0.25) is 0 Å². The molecule has 0 radical (unpaired) electrons. The minimum absolute atomic E-state index is 0.101. The molecule has 1 heterocycles. The normalized spacial score (nSPS) is 11.4. The number of rotatable bonds is 1. The van der Waals surface area contributed by atoms with E-state index in [0.29, 0.717) is 5.56 Å². The molecule has 90 valence electrons. The van der Waals surface area contributed by atoms with Crippen molar-refractivity contribution in [3.8, 4) is 11.8 Å². The highest BCUT2D eigenvalue weighted by molar-refractivity contribution is 5.33. The number of H-pyrrole nitrogens is 2. The lowest BCUT2D eigenvalue weighted by Gasteiger charge is -2.01. The van der Waals surface area contributed by atoms with Crippen molar-refractivity contribution in [2.45, 2.75) is 6.10 Å². The number of aromatic amines is 2. The van der Waals surface area contributed by atoms with Crippen molar-refractivity contribution in [2.24, 2.45) is 0 Å². The van der Waals surface area contributed by atoms with Gasteiger partial charge in [0.15, 0.2) is 0 Å². The number of aliphatic hydroxyl groups excluding tert-OH is 1. The molecule has 0 aliphatic rings. The SMILES string of the molecule is O=c1[nH]cc(C#CC(O)c2ccccc2)c(=O)[nH]1. The molecule has 1 atom stereocenters. The second-order valence-electron chi connectivity index (χ2n) is 3.57. The van der Waals surface area contributed by atoms with Crippen LogP contribution in [0.5, 0.6) is 0 Å². The van der Waals surface area contributed by atoms with Crippen LogP contribution >= 0.6 is 0 Å². The van der Waals surface area contributed by atoms with E-state index < -0.39 is 17.4 Å². The quantitative estimate of drug-likeness (QED) is 0.622. The van der Waals surface area contributed by atoms with E-state index in [9.17, 15) is 14.7 Å². The number of nitrogens with one attached hydrogen (secondary N) is 2. The summed E-state index contributed by atoms with van der Waals surface area (Å²) in [5.41, 5.74) is -0.420. The molecule has 2 aromatic rings. The third-order valence-electron chi connectivity index (χ3n) is 2.28. The fourth-order valence-electron chi connectivity index (χ4n) is 1.37. The van der Waals surface area contributed by atoms with Gasteiger partial charge in [0.2, 0.25) is 0 Å². The maximum atomic E-state index is 11.3. The van der Waals surface area contributed by atoms with Crippen molar-refractivity contribution >= 4 is 0 Å². The smallest absolute Gasteiger partial charge is 0.325 e. The molecule has 1 unspecified atom stereocenters. The molecule has 0 fully saturated rings. The molecular formula is C13H10N2O3. The van der Waals surface area contributed by atoms with Gasteiger partial charge >= 0.3 is 5.69 Å². The zero-order chi connectivity index (χ0) is 13.0. The van der Waals surface area contributed by atoms with E-state index in [1.807, 2.05) is 6.07 Å². The molecule has 0 aliphatic carbocycles. The van der Waals surface area contributed by atoms with Crippen LogP contribution in [-0.2, 0) is 0 Å². The van der Waals surface area contributed by atoms with Crippen LogP contribution in [0.3, 0.4) is 0 Å². The van der Waals surface area contributed by atoms with E-state index in [1.54, 1.807) is 24.3 Å². The van der Waals surface area contributed by atoms with Crippen molar-refractivity contribution in [2.75, 3.05) is 0 Å². The molecular weight excluding hydrogens is 232 g/mol. The largest absolute Gasteiger partial charge is 0.376 e. The third kappa shape index (κ3) is 2.75. The van der Waals surface area contributed by atoms with Gasteiger partial charge in [-0.1, -0.05) is 42.2 Å². The number of hydrogen-bond acceptors (Lipinski definition) is 3. The van der Waals surface area contributed by atoms with Gasteiger partial charge in [-0.05, 0) is 5.56 Å². The monoisotopic (exact) mass is 242 g/mol. The minimum atomic E-state index is -0.975. The van der Waals surface area contributed by atoms with E-state index in [1.165, 1.54) is 6.20 Å². The number of aliphatic hydroxyl groups is 1. The van der Waals surface area contributed by atoms with Gasteiger partial charge in [-0.2, -0.15) is 0 Å². The van der Waals surface area contributed by atoms with Crippen molar-refractivity contribution in [1.29, 1.82) is 0 Å². The molecule has 1 aromatic heterocycles. The summed E-state index contributed by atoms with van der Waals surface area (Å²) in [6.45, 7) is 0. The van der Waals surface area contributed by atoms with Crippen molar-refractivity contribution < 1.29 is 5.11 Å². The highest BCUT2D eigenvalue weighted by Crippen LogP contribution is 2.10. The Bertz CT molecular complexity index is 704. The average molecular weight is 242 g/mol. The van der Waals surface area contributed by atoms with Crippen LogP contribution < -0.4 is 11.2 Å². The van der Waals surface area contributed by atoms with Crippen LogP contribution in [0.15, 0.2) is 46.1 Å². The molecule has 2 rings (SSSR count). The van der Waals surface area contributed by atoms with Gasteiger partial charge in [0.1, 0.15) is 11.7 Å². The summed E-state index contributed by atoms with van der Waals surface area (Å²) in [4.78, 5) is 26.5. The Balaban J connectivity index is 2.27. The summed E-state index contributed by atoms with van der Waals surface area (Å²) >= 11 is 0. The van der Waals surface area contributed by atoms with Crippen LogP contribution in [0.4, 0.5) is 0 Å². The first-order chi connectivity index (χ1) is 8.66. The van der Waals surface area contributed by atoms with Crippen molar-refractivity contribution in [3.05, 3.63) is 68.5 Å². The van der Waals surface area contributed by atoms with Gasteiger partial charge in [0.25, 0.3) is 5.56 Å². The Morgan fingerprint density at radius 3 is 2.56 bits per heavy atom. The molecule has 3 N–H and O–H groups in total. The van der Waals surface area contributed by atoms with Gasteiger partial charge < -0.3 is 10.1 Å². The highest BCUT2D eigenvalue weighted by Gasteiger charge is 2.02. The lowest BCUT2D eigenvalue weighted by atomic mass is 10.1. The van der Waals surface area contributed by atoms with E-state index in [2.05, 4.69) is 21.8 Å². The predicted molar refractivity (Wildman–Crippen MR) is 66.0 cm³/mol. The maximum absolute atomic E-state index is 11.3. The zero-order valence-electron chi connectivity index (χ0n) is 9.31.